The summed E-state index contributed by atoms with van der Waals surface area (Å²) in [5.41, 5.74) is 0.877. The van der Waals surface area contributed by atoms with Gasteiger partial charge in [0.1, 0.15) is 5.78 Å². The van der Waals surface area contributed by atoms with Crippen LogP contribution < -0.4 is 5.32 Å². The van der Waals surface area contributed by atoms with Crippen LogP contribution in [0.3, 0.4) is 0 Å². The molecule has 0 amide bonds. The minimum absolute atomic E-state index is 0.160. The van der Waals surface area contributed by atoms with Crippen molar-refractivity contribution in [3.05, 3.63) is 18.0 Å². The molecule has 0 aromatic carbocycles. The summed E-state index contributed by atoms with van der Waals surface area (Å²) in [7, 11) is 1.87. The van der Waals surface area contributed by atoms with E-state index in [-0.39, 0.29) is 5.92 Å². The largest absolute Gasteiger partial charge is 0.316 e. The predicted octanol–water partition coefficient (Wildman–Crippen LogP) is 0.387. The molecule has 0 spiro atoms. The Bertz CT molecular complexity index is 354. The SMILES string of the molecule is CC(C(=O)Cc1ccn(C)n1)C1CNC1. The van der Waals surface area contributed by atoms with E-state index in [0.717, 1.165) is 18.8 Å². The number of aryl methyl sites for hydroxylation is 1. The van der Waals surface area contributed by atoms with Gasteiger partial charge in [0.05, 0.1) is 12.1 Å². The van der Waals surface area contributed by atoms with E-state index in [1.165, 1.54) is 0 Å². The van der Waals surface area contributed by atoms with E-state index in [4.69, 9.17) is 0 Å². The topological polar surface area (TPSA) is 46.9 Å². The number of hydrogen-bond donors (Lipinski definition) is 1. The molecule has 4 heteroatoms. The van der Waals surface area contributed by atoms with Crippen molar-refractivity contribution >= 4 is 5.78 Å². The van der Waals surface area contributed by atoms with E-state index >= 15 is 0 Å². The Morgan fingerprint density at radius 1 is 1.73 bits per heavy atom. The molecule has 4 nitrogen and oxygen atoms in total. The van der Waals surface area contributed by atoms with Crippen molar-refractivity contribution in [2.24, 2.45) is 18.9 Å². The van der Waals surface area contributed by atoms with Crippen molar-refractivity contribution < 1.29 is 4.79 Å². The Morgan fingerprint density at radius 3 is 2.93 bits per heavy atom. The molecule has 15 heavy (non-hydrogen) atoms. The molecule has 1 saturated heterocycles. The molecule has 0 radical (unpaired) electrons. The summed E-state index contributed by atoms with van der Waals surface area (Å²) in [4.78, 5) is 11.9. The number of Topliss-reactive ketones (excluding diaryl/α,β-unsaturated/α-hetero) is 1. The summed E-state index contributed by atoms with van der Waals surface area (Å²) in [5.74, 6) is 0.995. The summed E-state index contributed by atoms with van der Waals surface area (Å²) in [6.45, 7) is 3.99. The summed E-state index contributed by atoms with van der Waals surface area (Å²) < 4.78 is 1.73. The van der Waals surface area contributed by atoms with Crippen molar-refractivity contribution in [3.8, 4) is 0 Å². The van der Waals surface area contributed by atoms with Crippen LogP contribution in [0.2, 0.25) is 0 Å². The van der Waals surface area contributed by atoms with Crippen molar-refractivity contribution in [1.29, 1.82) is 0 Å². The Morgan fingerprint density at radius 2 is 2.47 bits per heavy atom. The van der Waals surface area contributed by atoms with Gasteiger partial charge in [0.15, 0.2) is 0 Å². The lowest BCUT2D eigenvalue weighted by molar-refractivity contribution is -0.123. The third-order valence-electron chi connectivity index (χ3n) is 3.15. The molecular weight excluding hydrogens is 190 g/mol. The number of carbonyl (C=O) groups excluding carboxylic acids is 1. The number of ketones is 1. The molecule has 1 aromatic rings. The van der Waals surface area contributed by atoms with Crippen molar-refractivity contribution in [3.63, 3.8) is 0 Å². The molecule has 1 aromatic heterocycles. The third kappa shape index (κ3) is 2.26. The predicted molar refractivity (Wildman–Crippen MR) is 57.4 cm³/mol. The molecule has 2 rings (SSSR count). The minimum Gasteiger partial charge on any atom is -0.316 e. The van der Waals surface area contributed by atoms with E-state index in [2.05, 4.69) is 10.4 Å². The van der Waals surface area contributed by atoms with Gasteiger partial charge in [-0.15, -0.1) is 0 Å². The maximum Gasteiger partial charge on any atom is 0.142 e. The molecule has 1 fully saturated rings. The fourth-order valence-corrected chi connectivity index (χ4v) is 1.82. The second-order valence-electron chi connectivity index (χ2n) is 4.33. The van der Waals surface area contributed by atoms with Gasteiger partial charge in [-0.1, -0.05) is 6.92 Å². The van der Waals surface area contributed by atoms with Crippen LogP contribution in [0.5, 0.6) is 0 Å². The smallest absolute Gasteiger partial charge is 0.142 e. The number of hydrogen-bond acceptors (Lipinski definition) is 3. The van der Waals surface area contributed by atoms with Crippen molar-refractivity contribution in [2.75, 3.05) is 13.1 Å². The van der Waals surface area contributed by atoms with Crippen LogP contribution in [0.15, 0.2) is 12.3 Å². The lowest BCUT2D eigenvalue weighted by atomic mass is 9.84. The standard InChI is InChI=1S/C11H17N3O/c1-8(9-6-12-7-9)11(15)5-10-3-4-14(2)13-10/h3-4,8-9,12H,5-7H2,1-2H3. The molecule has 0 aliphatic carbocycles. The average molecular weight is 207 g/mol. The summed E-state index contributed by atoms with van der Waals surface area (Å²) in [5, 5.41) is 7.41. The highest BCUT2D eigenvalue weighted by molar-refractivity contribution is 5.83. The van der Waals surface area contributed by atoms with Crippen LogP contribution >= 0.6 is 0 Å². The first kappa shape index (κ1) is 10.4. The Hall–Kier alpha value is -1.16. The lowest BCUT2D eigenvalue weighted by Crippen LogP contribution is -2.47. The molecule has 1 N–H and O–H groups in total. The first-order valence-corrected chi connectivity index (χ1v) is 5.39. The van der Waals surface area contributed by atoms with Gasteiger partial charge in [-0.25, -0.2) is 0 Å². The molecule has 82 valence electrons. The second kappa shape index (κ2) is 4.14. The van der Waals surface area contributed by atoms with E-state index in [9.17, 15) is 4.79 Å². The monoisotopic (exact) mass is 207 g/mol. The highest BCUT2D eigenvalue weighted by Crippen LogP contribution is 2.18. The van der Waals surface area contributed by atoms with E-state index < -0.39 is 0 Å². The summed E-state index contributed by atoms with van der Waals surface area (Å²) in [6.07, 6.45) is 2.34. The van der Waals surface area contributed by atoms with Crippen LogP contribution in [0.25, 0.3) is 0 Å². The highest BCUT2D eigenvalue weighted by Gasteiger charge is 2.28. The van der Waals surface area contributed by atoms with Crippen LogP contribution in [0.1, 0.15) is 12.6 Å². The molecular formula is C11H17N3O. The van der Waals surface area contributed by atoms with Gasteiger partial charge in [0.25, 0.3) is 0 Å². The first-order chi connectivity index (χ1) is 7.16. The highest BCUT2D eigenvalue weighted by atomic mass is 16.1. The van der Waals surface area contributed by atoms with Crippen LogP contribution in [-0.4, -0.2) is 28.7 Å². The van der Waals surface area contributed by atoms with Crippen LogP contribution in [0.4, 0.5) is 0 Å². The molecule has 1 aliphatic rings. The maximum atomic E-state index is 11.9. The van der Waals surface area contributed by atoms with Gasteiger partial charge in [-0.3, -0.25) is 9.48 Å². The maximum absolute atomic E-state index is 11.9. The van der Waals surface area contributed by atoms with Gasteiger partial charge in [-0.05, 0) is 25.1 Å². The molecule has 2 heterocycles. The summed E-state index contributed by atoms with van der Waals surface area (Å²) >= 11 is 0. The van der Waals surface area contributed by atoms with Gasteiger partial charge >= 0.3 is 0 Å². The van der Waals surface area contributed by atoms with Crippen LogP contribution in [-0.2, 0) is 18.3 Å². The van der Waals surface area contributed by atoms with E-state index in [0.29, 0.717) is 18.1 Å². The normalized spacial score (nSPS) is 18.5. The van der Waals surface area contributed by atoms with Gasteiger partial charge in [0, 0.05) is 19.2 Å². The number of aromatic nitrogens is 2. The number of nitrogens with one attached hydrogen (secondary N) is 1. The fraction of sp³-hybridized carbons (Fsp3) is 0.636. The van der Waals surface area contributed by atoms with Crippen molar-refractivity contribution in [2.45, 2.75) is 13.3 Å². The Labute approximate surface area is 89.7 Å². The molecule has 1 unspecified atom stereocenters. The molecule has 1 aliphatic heterocycles. The van der Waals surface area contributed by atoms with E-state index in [1.807, 2.05) is 26.2 Å². The Kier molecular flexibility index (Phi) is 2.86. The zero-order chi connectivity index (χ0) is 10.8. The summed E-state index contributed by atoms with van der Waals surface area (Å²) in [6, 6.07) is 1.91. The lowest BCUT2D eigenvalue weighted by Gasteiger charge is -2.31. The minimum atomic E-state index is 0.160. The number of rotatable bonds is 4. The molecule has 1 atom stereocenters. The second-order valence-corrected chi connectivity index (χ2v) is 4.33. The van der Waals surface area contributed by atoms with Gasteiger partial charge in [-0.2, -0.15) is 5.10 Å². The fourth-order valence-electron chi connectivity index (χ4n) is 1.82. The van der Waals surface area contributed by atoms with E-state index in [1.54, 1.807) is 4.68 Å². The van der Waals surface area contributed by atoms with Gasteiger partial charge < -0.3 is 5.32 Å². The number of nitrogens with zero attached hydrogens (tertiary/aromatic N) is 2. The molecule has 0 saturated carbocycles. The average Bonchev–Trinajstić information content (AvgIpc) is 2.48. The number of carbonyl (C=O) groups is 1. The Balaban J connectivity index is 1.91. The first-order valence-electron chi connectivity index (χ1n) is 5.39. The molecule has 0 bridgehead atoms. The van der Waals surface area contributed by atoms with Crippen molar-refractivity contribution in [1.82, 2.24) is 15.1 Å². The third-order valence-corrected chi connectivity index (χ3v) is 3.15. The van der Waals surface area contributed by atoms with Crippen LogP contribution in [0, 0.1) is 11.8 Å². The van der Waals surface area contributed by atoms with Gasteiger partial charge in [0.2, 0.25) is 0 Å². The zero-order valence-corrected chi connectivity index (χ0v) is 9.23. The zero-order valence-electron chi connectivity index (χ0n) is 9.23. The quantitative estimate of drug-likeness (QED) is 0.776.